The molecule has 5 heteroatoms. The van der Waals surface area contributed by atoms with Crippen LogP contribution in [0.2, 0.25) is 0 Å². The van der Waals surface area contributed by atoms with E-state index in [1.165, 1.54) is 44.0 Å². The third kappa shape index (κ3) is 5.48. The fourth-order valence-corrected chi connectivity index (χ4v) is 9.98. The maximum atomic E-state index is 5.31. The van der Waals surface area contributed by atoms with Gasteiger partial charge in [-0.3, -0.25) is 4.57 Å². The van der Waals surface area contributed by atoms with E-state index in [4.69, 9.17) is 15.0 Å². The number of aromatic nitrogens is 5. The quantitative estimate of drug-likeness (QED) is 0.175. The minimum atomic E-state index is 0.0740. The van der Waals surface area contributed by atoms with Crippen molar-refractivity contribution >= 4 is 43.6 Å². The van der Waals surface area contributed by atoms with Crippen LogP contribution in [-0.2, 0) is 10.8 Å². The first-order chi connectivity index (χ1) is 28.7. The van der Waals surface area contributed by atoms with Crippen molar-refractivity contribution in [1.82, 2.24) is 24.1 Å². The molecule has 0 amide bonds. The third-order valence-electron chi connectivity index (χ3n) is 13.3. The highest BCUT2D eigenvalue weighted by atomic mass is 15.2. The molecule has 5 nitrogen and oxygen atoms in total. The topological polar surface area (TPSA) is 48.5 Å². The van der Waals surface area contributed by atoms with Crippen LogP contribution in [0.1, 0.15) is 52.2 Å². The molecule has 3 heterocycles. The van der Waals surface area contributed by atoms with Gasteiger partial charge in [-0.2, -0.15) is 9.97 Å². The number of benzene rings is 7. The molecular weight excluding hydrogens is 719 g/mol. The van der Waals surface area contributed by atoms with Crippen LogP contribution in [0.4, 0.5) is 0 Å². The molecule has 0 saturated heterocycles. The average molecular weight is 764 g/mol. The highest BCUT2D eigenvalue weighted by Gasteiger charge is 2.42. The van der Waals surface area contributed by atoms with Gasteiger partial charge in [0, 0.05) is 38.4 Å². The minimum Gasteiger partial charge on any atom is -0.309 e. The van der Waals surface area contributed by atoms with Crippen LogP contribution in [0, 0.1) is 5.92 Å². The molecule has 286 valence electrons. The Morgan fingerprint density at radius 2 is 1.00 bits per heavy atom. The van der Waals surface area contributed by atoms with Crippen molar-refractivity contribution < 1.29 is 0 Å². The van der Waals surface area contributed by atoms with E-state index in [2.05, 4.69) is 183 Å². The fraction of sp³-hybridized carbons (Fsp3) is 0.167. The molecule has 1 aliphatic rings. The van der Waals surface area contributed by atoms with Gasteiger partial charge >= 0.3 is 0 Å². The van der Waals surface area contributed by atoms with E-state index in [-0.39, 0.29) is 10.8 Å². The van der Waals surface area contributed by atoms with E-state index in [0.29, 0.717) is 23.5 Å². The van der Waals surface area contributed by atoms with Crippen molar-refractivity contribution in [3.8, 4) is 45.5 Å². The van der Waals surface area contributed by atoms with Crippen molar-refractivity contribution in [2.24, 2.45) is 5.92 Å². The summed E-state index contributed by atoms with van der Waals surface area (Å²) in [5.74, 6) is 2.44. The molecule has 1 unspecified atom stereocenters. The molecule has 59 heavy (non-hydrogen) atoms. The predicted octanol–water partition coefficient (Wildman–Crippen LogP) is 13.7. The van der Waals surface area contributed by atoms with Crippen molar-refractivity contribution in [3.05, 3.63) is 175 Å². The number of hydrogen-bond donors (Lipinski definition) is 0. The Bertz CT molecular complexity index is 3260. The summed E-state index contributed by atoms with van der Waals surface area (Å²) in [6.07, 6.45) is 1.16. The van der Waals surface area contributed by atoms with Gasteiger partial charge < -0.3 is 4.57 Å². The summed E-state index contributed by atoms with van der Waals surface area (Å²) in [5.41, 5.74) is 12.9. The van der Waals surface area contributed by atoms with Crippen LogP contribution in [-0.4, -0.2) is 24.1 Å². The number of para-hydroxylation sites is 2. The lowest BCUT2D eigenvalue weighted by Gasteiger charge is -2.46. The van der Waals surface area contributed by atoms with E-state index in [1.807, 2.05) is 24.3 Å². The smallest absolute Gasteiger partial charge is 0.238 e. The van der Waals surface area contributed by atoms with E-state index in [9.17, 15) is 0 Å². The van der Waals surface area contributed by atoms with Gasteiger partial charge in [0.15, 0.2) is 11.6 Å². The zero-order chi connectivity index (χ0) is 40.0. The first-order valence-corrected chi connectivity index (χ1v) is 20.8. The molecule has 0 fully saturated rings. The number of fused-ring (bicyclic) bond motifs is 8. The molecule has 0 spiro atoms. The monoisotopic (exact) mass is 763 g/mol. The van der Waals surface area contributed by atoms with Crippen LogP contribution in [0.5, 0.6) is 0 Å². The normalized spacial score (nSPS) is 15.9. The molecule has 10 aromatic rings. The second kappa shape index (κ2) is 13.1. The second-order valence-corrected chi connectivity index (χ2v) is 17.6. The first-order valence-electron chi connectivity index (χ1n) is 20.8. The molecule has 0 N–H and O–H groups in total. The number of hydrogen-bond acceptors (Lipinski definition) is 3. The van der Waals surface area contributed by atoms with Crippen molar-refractivity contribution in [2.75, 3.05) is 0 Å². The van der Waals surface area contributed by atoms with Crippen LogP contribution >= 0.6 is 0 Å². The predicted molar refractivity (Wildman–Crippen MR) is 245 cm³/mol. The van der Waals surface area contributed by atoms with E-state index < -0.39 is 0 Å². The Hall–Kier alpha value is -6.85. The Balaban J connectivity index is 1.17. The molecule has 0 saturated carbocycles. The SMILES string of the molecule is CC1CC(C)(C)c2cc(-n3c4ccccc4c4c5c6ccccc6n(-c6nc(-c7ccccc7)nc(-c7cccc(-c8ccccc8)c7)n6)c5ccc43)ccc2C1(C)C. The Kier molecular flexibility index (Phi) is 7.83. The lowest BCUT2D eigenvalue weighted by molar-refractivity contribution is 0.233. The molecular formula is C54H45N5. The highest BCUT2D eigenvalue weighted by molar-refractivity contribution is 6.28. The van der Waals surface area contributed by atoms with Crippen molar-refractivity contribution in [3.63, 3.8) is 0 Å². The Morgan fingerprint density at radius 1 is 0.458 bits per heavy atom. The van der Waals surface area contributed by atoms with Crippen LogP contribution < -0.4 is 0 Å². The van der Waals surface area contributed by atoms with Gasteiger partial charge in [-0.15, -0.1) is 0 Å². The number of nitrogens with zero attached hydrogens (tertiary/aromatic N) is 5. The summed E-state index contributed by atoms with van der Waals surface area (Å²) >= 11 is 0. The van der Waals surface area contributed by atoms with Gasteiger partial charge in [-0.05, 0) is 87.9 Å². The zero-order valence-electron chi connectivity index (χ0n) is 34.1. The van der Waals surface area contributed by atoms with E-state index >= 15 is 0 Å². The standard InChI is InChI=1S/C54H45N5/c1-34-33-53(2,3)43-32-39(27-28-42(43)54(34,4)5)58-44-25-14-12-23-40(44)48-46(58)29-30-47-49(48)41-24-13-15-26-45(41)59(47)52-56-50(36-19-10-7-11-20-36)55-51(57-52)38-22-16-21-37(31-38)35-17-8-6-9-18-35/h6-32,34H,33H2,1-5H3. The molecule has 0 bridgehead atoms. The largest absolute Gasteiger partial charge is 0.309 e. The molecule has 0 aliphatic heterocycles. The second-order valence-electron chi connectivity index (χ2n) is 17.6. The van der Waals surface area contributed by atoms with Gasteiger partial charge in [-0.1, -0.05) is 156 Å². The van der Waals surface area contributed by atoms with E-state index in [1.54, 1.807) is 0 Å². The summed E-state index contributed by atoms with van der Waals surface area (Å²) in [4.78, 5) is 15.7. The van der Waals surface area contributed by atoms with Gasteiger partial charge in [0.05, 0.1) is 22.1 Å². The third-order valence-corrected chi connectivity index (χ3v) is 13.3. The van der Waals surface area contributed by atoms with Crippen LogP contribution in [0.25, 0.3) is 89.2 Å². The maximum absolute atomic E-state index is 5.31. The molecule has 1 aliphatic carbocycles. The summed E-state index contributed by atoms with van der Waals surface area (Å²) < 4.78 is 4.71. The fourth-order valence-electron chi connectivity index (χ4n) is 9.98. The Labute approximate surface area is 344 Å². The molecule has 7 aromatic carbocycles. The number of rotatable bonds is 5. The van der Waals surface area contributed by atoms with Gasteiger partial charge in [0.2, 0.25) is 5.95 Å². The molecule has 0 radical (unpaired) electrons. The van der Waals surface area contributed by atoms with Crippen molar-refractivity contribution in [1.29, 1.82) is 0 Å². The lowest BCUT2D eigenvalue weighted by Crippen LogP contribution is -2.40. The van der Waals surface area contributed by atoms with Crippen molar-refractivity contribution in [2.45, 2.75) is 51.9 Å². The summed E-state index contributed by atoms with van der Waals surface area (Å²) in [6, 6.07) is 58.5. The van der Waals surface area contributed by atoms with Gasteiger partial charge in [0.1, 0.15) is 0 Å². The highest BCUT2D eigenvalue weighted by Crippen LogP contribution is 2.50. The molecule has 1 atom stereocenters. The van der Waals surface area contributed by atoms with Gasteiger partial charge in [0.25, 0.3) is 0 Å². The molecule has 11 rings (SSSR count). The van der Waals surface area contributed by atoms with E-state index in [0.717, 1.165) is 45.1 Å². The average Bonchev–Trinajstić information content (AvgIpc) is 3.79. The molecule has 3 aromatic heterocycles. The summed E-state index contributed by atoms with van der Waals surface area (Å²) in [6.45, 7) is 12.1. The minimum absolute atomic E-state index is 0.0740. The zero-order valence-corrected chi connectivity index (χ0v) is 34.1. The van der Waals surface area contributed by atoms with Crippen LogP contribution in [0.15, 0.2) is 164 Å². The van der Waals surface area contributed by atoms with Gasteiger partial charge in [-0.25, -0.2) is 4.98 Å². The van der Waals surface area contributed by atoms with Crippen LogP contribution in [0.3, 0.4) is 0 Å². The Morgan fingerprint density at radius 3 is 1.68 bits per heavy atom. The summed E-state index contributed by atoms with van der Waals surface area (Å²) in [7, 11) is 0. The first kappa shape index (κ1) is 35.3. The maximum Gasteiger partial charge on any atom is 0.238 e. The summed E-state index contributed by atoms with van der Waals surface area (Å²) in [5, 5.41) is 4.80. The lowest BCUT2D eigenvalue weighted by atomic mass is 9.58.